The minimum atomic E-state index is -0.286. The van der Waals surface area contributed by atoms with Gasteiger partial charge in [0.15, 0.2) is 0 Å². The van der Waals surface area contributed by atoms with E-state index in [9.17, 15) is 5.11 Å². The van der Waals surface area contributed by atoms with Crippen LogP contribution in [0, 0.1) is 5.41 Å². The van der Waals surface area contributed by atoms with Crippen molar-refractivity contribution >= 4 is 0 Å². The highest BCUT2D eigenvalue weighted by Gasteiger charge is 2.24. The Kier molecular flexibility index (Phi) is 5.72. The van der Waals surface area contributed by atoms with Crippen LogP contribution in [0.25, 0.3) is 0 Å². The molecule has 1 nitrogen and oxygen atoms in total. The van der Waals surface area contributed by atoms with Gasteiger partial charge >= 0.3 is 0 Å². The summed E-state index contributed by atoms with van der Waals surface area (Å²) in [5.41, 5.74) is -0.0418. The van der Waals surface area contributed by atoms with Crippen LogP contribution in [0.4, 0.5) is 0 Å². The molecule has 0 aromatic rings. The van der Waals surface area contributed by atoms with Crippen molar-refractivity contribution in [1.82, 2.24) is 0 Å². The van der Waals surface area contributed by atoms with Gasteiger partial charge in [-0.05, 0) is 24.7 Å². The third kappa shape index (κ3) is 4.89. The molecule has 0 aromatic heterocycles. The summed E-state index contributed by atoms with van der Waals surface area (Å²) in [5.74, 6) is 0. The lowest BCUT2D eigenvalue weighted by atomic mass is 9.81. The normalized spacial score (nSPS) is 14.8. The number of hydrogen-bond acceptors (Lipinski definition) is 1. The van der Waals surface area contributed by atoms with E-state index in [4.69, 9.17) is 0 Å². The molecule has 0 bridgehead atoms. The van der Waals surface area contributed by atoms with Crippen LogP contribution >= 0.6 is 0 Å². The van der Waals surface area contributed by atoms with Crippen LogP contribution in [0.15, 0.2) is 24.8 Å². The second kappa shape index (κ2) is 5.98. The van der Waals surface area contributed by atoms with Crippen LogP contribution in [-0.4, -0.2) is 11.2 Å². The number of aliphatic hydroxyl groups is 1. The lowest BCUT2D eigenvalue weighted by molar-refractivity contribution is 0.0549. The molecule has 0 saturated heterocycles. The largest absolute Gasteiger partial charge is 0.392 e. The molecule has 1 unspecified atom stereocenters. The molecular weight excluding hydrogens is 160 g/mol. The molecule has 1 heteroatoms. The number of hydrogen-bond donors (Lipinski definition) is 1. The van der Waals surface area contributed by atoms with Gasteiger partial charge in [-0.15, -0.1) is 6.58 Å². The Hall–Kier alpha value is -0.560. The maximum absolute atomic E-state index is 9.77. The summed E-state index contributed by atoms with van der Waals surface area (Å²) in [7, 11) is 0. The third-order valence-corrected chi connectivity index (χ3v) is 2.34. The molecule has 0 fully saturated rings. The quantitative estimate of drug-likeness (QED) is 0.625. The standard InChI is InChI=1S/C12H22O/c1-5-7-8-10-12(3,4)11(13)9-6-2/h6-8,11,13H,2,5,9-10H2,1,3-4H3/b8-7+. The van der Waals surface area contributed by atoms with E-state index >= 15 is 0 Å². The monoisotopic (exact) mass is 182 g/mol. The molecule has 1 N–H and O–H groups in total. The molecule has 13 heavy (non-hydrogen) atoms. The van der Waals surface area contributed by atoms with Gasteiger partial charge in [0.05, 0.1) is 6.10 Å². The molecule has 0 amide bonds. The summed E-state index contributed by atoms with van der Waals surface area (Å²) in [6.45, 7) is 9.92. The van der Waals surface area contributed by atoms with Crippen LogP contribution in [-0.2, 0) is 0 Å². The average molecular weight is 182 g/mol. The number of rotatable bonds is 6. The molecule has 0 aromatic carbocycles. The summed E-state index contributed by atoms with van der Waals surface area (Å²) in [5, 5.41) is 9.77. The van der Waals surface area contributed by atoms with E-state index in [0.717, 1.165) is 12.8 Å². The Bertz CT molecular complexity index is 168. The average Bonchev–Trinajstić information content (AvgIpc) is 2.05. The molecule has 0 radical (unpaired) electrons. The van der Waals surface area contributed by atoms with Crippen LogP contribution in [0.5, 0.6) is 0 Å². The van der Waals surface area contributed by atoms with Gasteiger partial charge in [0.2, 0.25) is 0 Å². The van der Waals surface area contributed by atoms with Crippen LogP contribution in [0.1, 0.15) is 40.0 Å². The first-order chi connectivity index (χ1) is 6.04. The predicted octanol–water partition coefficient (Wildman–Crippen LogP) is 3.31. The van der Waals surface area contributed by atoms with E-state index < -0.39 is 0 Å². The van der Waals surface area contributed by atoms with E-state index in [-0.39, 0.29) is 11.5 Å². The number of allylic oxidation sites excluding steroid dienone is 2. The highest BCUT2D eigenvalue weighted by Crippen LogP contribution is 2.27. The van der Waals surface area contributed by atoms with Gasteiger partial charge in [-0.3, -0.25) is 0 Å². The molecule has 1 atom stereocenters. The summed E-state index contributed by atoms with van der Waals surface area (Å²) in [6, 6.07) is 0. The first-order valence-electron chi connectivity index (χ1n) is 4.98. The first-order valence-corrected chi connectivity index (χ1v) is 4.98. The summed E-state index contributed by atoms with van der Waals surface area (Å²) >= 11 is 0. The van der Waals surface area contributed by atoms with Gasteiger partial charge in [0.25, 0.3) is 0 Å². The Labute approximate surface area is 82.2 Å². The molecule has 76 valence electrons. The Balaban J connectivity index is 4.04. The lowest BCUT2D eigenvalue weighted by Gasteiger charge is -2.28. The maximum Gasteiger partial charge on any atom is 0.0628 e. The van der Waals surface area contributed by atoms with E-state index in [0.29, 0.717) is 6.42 Å². The second-order valence-corrected chi connectivity index (χ2v) is 4.11. The summed E-state index contributed by atoms with van der Waals surface area (Å²) in [6.07, 6.45) is 8.44. The van der Waals surface area contributed by atoms with Gasteiger partial charge in [0.1, 0.15) is 0 Å². The Morgan fingerprint density at radius 3 is 2.46 bits per heavy atom. The van der Waals surface area contributed by atoms with Crippen molar-refractivity contribution in [3.05, 3.63) is 24.8 Å². The van der Waals surface area contributed by atoms with Crippen LogP contribution in [0.3, 0.4) is 0 Å². The minimum absolute atomic E-state index is 0.0418. The molecule has 0 saturated carbocycles. The highest BCUT2D eigenvalue weighted by atomic mass is 16.3. The lowest BCUT2D eigenvalue weighted by Crippen LogP contribution is -2.28. The highest BCUT2D eigenvalue weighted by molar-refractivity contribution is 4.91. The summed E-state index contributed by atoms with van der Waals surface area (Å²) < 4.78 is 0. The van der Waals surface area contributed by atoms with Gasteiger partial charge in [-0.1, -0.05) is 39.0 Å². The maximum atomic E-state index is 9.77. The Morgan fingerprint density at radius 1 is 1.38 bits per heavy atom. The van der Waals surface area contributed by atoms with E-state index in [1.165, 1.54) is 0 Å². The van der Waals surface area contributed by atoms with Crippen molar-refractivity contribution in [3.8, 4) is 0 Å². The fourth-order valence-corrected chi connectivity index (χ4v) is 1.17. The minimum Gasteiger partial charge on any atom is -0.392 e. The van der Waals surface area contributed by atoms with Crippen LogP contribution < -0.4 is 0 Å². The molecule has 0 aliphatic rings. The third-order valence-electron chi connectivity index (χ3n) is 2.34. The number of aliphatic hydroxyl groups excluding tert-OH is 1. The van der Waals surface area contributed by atoms with Crippen molar-refractivity contribution in [2.75, 3.05) is 0 Å². The van der Waals surface area contributed by atoms with E-state index in [1.54, 1.807) is 6.08 Å². The smallest absolute Gasteiger partial charge is 0.0628 e. The van der Waals surface area contributed by atoms with Crippen molar-refractivity contribution in [3.63, 3.8) is 0 Å². The molecule has 0 aliphatic carbocycles. The topological polar surface area (TPSA) is 20.2 Å². The van der Waals surface area contributed by atoms with Gasteiger partial charge in [-0.2, -0.15) is 0 Å². The van der Waals surface area contributed by atoms with Crippen molar-refractivity contribution < 1.29 is 5.11 Å². The van der Waals surface area contributed by atoms with Crippen LogP contribution in [0.2, 0.25) is 0 Å². The van der Waals surface area contributed by atoms with Crippen molar-refractivity contribution in [2.24, 2.45) is 5.41 Å². The van der Waals surface area contributed by atoms with Gasteiger partial charge in [-0.25, -0.2) is 0 Å². The zero-order valence-electron chi connectivity index (χ0n) is 9.09. The zero-order valence-corrected chi connectivity index (χ0v) is 9.09. The molecule has 0 spiro atoms. The molecule has 0 heterocycles. The molecule has 0 rings (SSSR count). The second-order valence-electron chi connectivity index (χ2n) is 4.11. The fraction of sp³-hybridized carbons (Fsp3) is 0.667. The van der Waals surface area contributed by atoms with Crippen molar-refractivity contribution in [1.29, 1.82) is 0 Å². The van der Waals surface area contributed by atoms with E-state index in [1.807, 2.05) is 0 Å². The Morgan fingerprint density at radius 2 is 2.00 bits per heavy atom. The van der Waals surface area contributed by atoms with Gasteiger partial charge < -0.3 is 5.11 Å². The first kappa shape index (κ1) is 12.4. The SMILES string of the molecule is C=CCC(O)C(C)(C)C/C=C/CC. The van der Waals surface area contributed by atoms with E-state index in [2.05, 4.69) is 39.5 Å². The fourth-order valence-electron chi connectivity index (χ4n) is 1.17. The zero-order chi connectivity index (χ0) is 10.3. The summed E-state index contributed by atoms with van der Waals surface area (Å²) in [4.78, 5) is 0. The predicted molar refractivity (Wildman–Crippen MR) is 58.6 cm³/mol. The van der Waals surface area contributed by atoms with Crippen molar-refractivity contribution in [2.45, 2.75) is 46.1 Å². The van der Waals surface area contributed by atoms with Gasteiger partial charge in [0, 0.05) is 0 Å². The molecular formula is C12H22O. The molecule has 0 aliphatic heterocycles.